The van der Waals surface area contributed by atoms with E-state index in [1.807, 2.05) is 18.6 Å². The predicted octanol–water partition coefficient (Wildman–Crippen LogP) is 6.38. The van der Waals surface area contributed by atoms with Gasteiger partial charge in [-0.25, -0.2) is 4.98 Å². The van der Waals surface area contributed by atoms with Gasteiger partial charge in [-0.1, -0.05) is 45.1 Å². The number of nitrogens with two attached hydrogens (primary N) is 1. The second-order valence-electron chi connectivity index (χ2n) is 10.6. The van der Waals surface area contributed by atoms with Crippen molar-refractivity contribution in [2.75, 3.05) is 6.61 Å². The standard InChI is InChI=1S/C29H34N4O2/c1-18-6-5-7-20(18)16-35-26-15-23(28-22(12-13-31-28)27(26)29(30)34)19-10-11-25-24(14-19)32-17-33(25)21-8-3-2-4-9-21/h10-11,13-15,17-18,20-21H,2-9,12,16H2,1H3,(H2,30,34). The minimum absolute atomic E-state index is 0.450. The predicted molar refractivity (Wildman–Crippen MR) is 140 cm³/mol. The molecule has 3 aromatic rings. The second-order valence-corrected chi connectivity index (χ2v) is 10.6. The van der Waals surface area contributed by atoms with E-state index in [1.165, 1.54) is 56.9 Å². The average molecular weight is 471 g/mol. The van der Waals surface area contributed by atoms with Gasteiger partial charge in [0.05, 0.1) is 35.2 Å². The van der Waals surface area contributed by atoms with Crippen LogP contribution in [0.3, 0.4) is 0 Å². The van der Waals surface area contributed by atoms with Gasteiger partial charge in [-0.2, -0.15) is 0 Å². The Kier molecular flexibility index (Phi) is 5.83. The second kappa shape index (κ2) is 9.14. The largest absolute Gasteiger partial charge is 0.492 e. The van der Waals surface area contributed by atoms with Gasteiger partial charge in [0.2, 0.25) is 0 Å². The maximum absolute atomic E-state index is 12.5. The molecule has 1 aromatic heterocycles. The van der Waals surface area contributed by atoms with Crippen molar-refractivity contribution >= 4 is 28.8 Å². The summed E-state index contributed by atoms with van der Waals surface area (Å²) in [6.07, 6.45) is 14.5. The van der Waals surface area contributed by atoms with Crippen LogP contribution < -0.4 is 10.5 Å². The van der Waals surface area contributed by atoms with E-state index in [-0.39, 0.29) is 0 Å². The first-order valence-corrected chi connectivity index (χ1v) is 13.2. The Morgan fingerprint density at radius 1 is 1.11 bits per heavy atom. The molecule has 1 amide bonds. The number of amides is 1. The molecule has 6 rings (SSSR count). The van der Waals surface area contributed by atoms with Crippen molar-refractivity contribution in [1.82, 2.24) is 9.55 Å². The summed E-state index contributed by atoms with van der Waals surface area (Å²) in [4.78, 5) is 21.9. The number of carbonyl (C=O) groups is 1. The van der Waals surface area contributed by atoms with E-state index in [9.17, 15) is 4.79 Å². The van der Waals surface area contributed by atoms with Crippen molar-refractivity contribution in [1.29, 1.82) is 0 Å². The van der Waals surface area contributed by atoms with Gasteiger partial charge in [0.15, 0.2) is 0 Å². The highest BCUT2D eigenvalue weighted by Crippen LogP contribution is 2.44. The molecule has 2 aliphatic carbocycles. The zero-order valence-corrected chi connectivity index (χ0v) is 20.5. The maximum atomic E-state index is 12.5. The van der Waals surface area contributed by atoms with Crippen molar-refractivity contribution in [2.45, 2.75) is 70.8 Å². The summed E-state index contributed by atoms with van der Waals surface area (Å²) >= 11 is 0. The van der Waals surface area contributed by atoms with Crippen LogP contribution in [0.15, 0.2) is 35.6 Å². The molecule has 3 aliphatic rings. The van der Waals surface area contributed by atoms with Gasteiger partial charge in [-0.3, -0.25) is 9.79 Å². The number of nitrogens with zero attached hydrogens (tertiary/aromatic N) is 3. The number of aliphatic imine (C=N–C) groups is 1. The summed E-state index contributed by atoms with van der Waals surface area (Å²) < 4.78 is 8.69. The van der Waals surface area contributed by atoms with E-state index >= 15 is 0 Å². The molecule has 2 N–H and O–H groups in total. The quantitative estimate of drug-likeness (QED) is 0.454. The highest BCUT2D eigenvalue weighted by molar-refractivity contribution is 6.04. The van der Waals surface area contributed by atoms with Gasteiger partial charge in [-0.05, 0) is 54.9 Å². The Bertz CT molecular complexity index is 1300. The van der Waals surface area contributed by atoms with Crippen molar-refractivity contribution in [3.63, 3.8) is 0 Å². The Hall–Kier alpha value is -3.15. The number of fused-ring (bicyclic) bond motifs is 2. The van der Waals surface area contributed by atoms with Crippen LogP contribution in [0.1, 0.15) is 80.3 Å². The van der Waals surface area contributed by atoms with Crippen LogP contribution in [0, 0.1) is 11.8 Å². The number of hydrogen-bond donors (Lipinski definition) is 1. The lowest BCUT2D eigenvalue weighted by Crippen LogP contribution is -2.19. The number of benzene rings is 2. The molecular weight excluding hydrogens is 436 g/mol. The third kappa shape index (κ3) is 4.03. The number of aromatic nitrogens is 2. The highest BCUT2D eigenvalue weighted by atomic mass is 16.5. The van der Waals surface area contributed by atoms with Gasteiger partial charge >= 0.3 is 0 Å². The SMILES string of the molecule is CC1CCCC1COc1cc(-c2ccc3c(c2)ncn3C2CCCCC2)c2c(c1C(N)=O)CC=N2. The molecule has 2 atom stereocenters. The van der Waals surface area contributed by atoms with Crippen molar-refractivity contribution in [3.05, 3.63) is 41.7 Å². The Morgan fingerprint density at radius 3 is 2.74 bits per heavy atom. The summed E-state index contributed by atoms with van der Waals surface area (Å²) in [6.45, 7) is 2.91. The third-order valence-corrected chi connectivity index (χ3v) is 8.47. The summed E-state index contributed by atoms with van der Waals surface area (Å²) in [5.41, 5.74) is 12.2. The number of primary amides is 1. The molecule has 35 heavy (non-hydrogen) atoms. The summed E-state index contributed by atoms with van der Waals surface area (Å²) in [5.74, 6) is 1.30. The zero-order valence-electron chi connectivity index (χ0n) is 20.5. The first kappa shape index (κ1) is 22.3. The molecule has 2 heterocycles. The van der Waals surface area contributed by atoms with E-state index in [4.69, 9.17) is 15.5 Å². The molecule has 2 fully saturated rings. The molecular formula is C29H34N4O2. The van der Waals surface area contributed by atoms with Gasteiger partial charge in [-0.15, -0.1) is 0 Å². The Morgan fingerprint density at radius 2 is 1.97 bits per heavy atom. The van der Waals surface area contributed by atoms with Gasteiger partial charge in [0, 0.05) is 29.8 Å². The fourth-order valence-electron chi connectivity index (χ4n) is 6.40. The smallest absolute Gasteiger partial charge is 0.252 e. The lowest BCUT2D eigenvalue weighted by Gasteiger charge is -2.23. The summed E-state index contributed by atoms with van der Waals surface area (Å²) in [7, 11) is 0. The molecule has 0 radical (unpaired) electrons. The monoisotopic (exact) mass is 470 g/mol. The molecule has 6 heteroatoms. The van der Waals surface area contributed by atoms with Gasteiger partial charge in [0.1, 0.15) is 5.75 Å². The van der Waals surface area contributed by atoms with Crippen molar-refractivity contribution in [2.24, 2.45) is 22.6 Å². The number of ether oxygens (including phenoxy) is 1. The molecule has 2 aromatic carbocycles. The molecule has 1 aliphatic heterocycles. The fraction of sp³-hybridized carbons (Fsp3) is 0.483. The summed E-state index contributed by atoms with van der Waals surface area (Å²) in [6, 6.07) is 8.99. The molecule has 0 saturated heterocycles. The van der Waals surface area contributed by atoms with Crippen LogP contribution in [0.5, 0.6) is 5.75 Å². The van der Waals surface area contributed by atoms with Gasteiger partial charge < -0.3 is 15.0 Å². The zero-order chi connectivity index (χ0) is 23.9. The van der Waals surface area contributed by atoms with Crippen LogP contribution in [0.25, 0.3) is 22.2 Å². The molecule has 2 saturated carbocycles. The topological polar surface area (TPSA) is 82.5 Å². The van der Waals surface area contributed by atoms with E-state index in [0.717, 1.165) is 27.9 Å². The number of imidazole rings is 1. The van der Waals surface area contributed by atoms with Crippen LogP contribution in [0.4, 0.5) is 5.69 Å². The molecule has 0 spiro atoms. The normalized spacial score (nSPS) is 22.1. The van der Waals surface area contributed by atoms with Gasteiger partial charge in [0.25, 0.3) is 5.91 Å². The summed E-state index contributed by atoms with van der Waals surface area (Å²) in [5, 5.41) is 0. The average Bonchev–Trinajstić information content (AvgIpc) is 3.61. The van der Waals surface area contributed by atoms with Crippen molar-refractivity contribution in [3.8, 4) is 16.9 Å². The van der Waals surface area contributed by atoms with Crippen LogP contribution in [-0.4, -0.2) is 28.3 Å². The van der Waals surface area contributed by atoms with E-state index in [0.29, 0.717) is 42.2 Å². The van der Waals surface area contributed by atoms with Crippen LogP contribution in [0.2, 0.25) is 0 Å². The number of carbonyl (C=O) groups excluding carboxylic acids is 1. The number of hydrogen-bond acceptors (Lipinski definition) is 4. The first-order chi connectivity index (χ1) is 17.1. The number of rotatable bonds is 6. The molecule has 182 valence electrons. The molecule has 0 bridgehead atoms. The molecule has 2 unspecified atom stereocenters. The maximum Gasteiger partial charge on any atom is 0.252 e. The Labute approximate surface area is 206 Å². The third-order valence-electron chi connectivity index (χ3n) is 8.47. The van der Waals surface area contributed by atoms with E-state index in [1.54, 1.807) is 0 Å². The van der Waals surface area contributed by atoms with Crippen LogP contribution in [-0.2, 0) is 6.42 Å². The molecule has 6 nitrogen and oxygen atoms in total. The van der Waals surface area contributed by atoms with Crippen LogP contribution >= 0.6 is 0 Å². The first-order valence-electron chi connectivity index (χ1n) is 13.2. The highest BCUT2D eigenvalue weighted by Gasteiger charge is 2.28. The lowest BCUT2D eigenvalue weighted by atomic mass is 9.94. The Balaban J connectivity index is 1.39. The van der Waals surface area contributed by atoms with E-state index < -0.39 is 5.91 Å². The minimum Gasteiger partial charge on any atom is -0.492 e. The van der Waals surface area contributed by atoms with Crippen molar-refractivity contribution < 1.29 is 9.53 Å². The van der Waals surface area contributed by atoms with E-state index in [2.05, 4.69) is 34.7 Å². The lowest BCUT2D eigenvalue weighted by molar-refractivity contribution is 0.0994. The minimum atomic E-state index is -0.450. The fourth-order valence-corrected chi connectivity index (χ4v) is 6.40.